The highest BCUT2D eigenvalue weighted by atomic mass is 16.6. The molecule has 4 heterocycles. The number of fused-ring (bicyclic) bond motifs is 2. The fourth-order valence-electron chi connectivity index (χ4n) is 16.7. The summed E-state index contributed by atoms with van der Waals surface area (Å²) in [5, 5.41) is 38.9. The molecule has 7 rings (SSSR count). The first-order valence-electron chi connectivity index (χ1n) is 45.8. The van der Waals surface area contributed by atoms with Crippen LogP contribution in [0.2, 0.25) is 0 Å². The number of carbonyl (C=O) groups is 13. The van der Waals surface area contributed by atoms with Gasteiger partial charge in [-0.25, -0.2) is 23.5 Å². The number of aromatic nitrogens is 5. The number of unbranched alkanes of at least 4 members (excludes halogenated alkanes) is 3. The van der Waals surface area contributed by atoms with Gasteiger partial charge >= 0.3 is 18.3 Å². The number of amides is 6. The van der Waals surface area contributed by atoms with Gasteiger partial charge in [-0.05, 0) is 194 Å². The van der Waals surface area contributed by atoms with Crippen molar-refractivity contribution in [3.05, 3.63) is 95.3 Å². The number of ether oxygens (including phenoxy) is 3. The predicted molar refractivity (Wildman–Crippen MR) is 489 cm³/mol. The second-order valence-corrected chi connectivity index (χ2v) is 39.7. The molecule has 1 aliphatic heterocycles. The van der Waals surface area contributed by atoms with E-state index >= 15 is 28.8 Å². The summed E-state index contributed by atoms with van der Waals surface area (Å²) in [7, 11) is 3.19. The smallest absolute Gasteiger partial charge is 0.419 e. The number of benzene rings is 2. The first-order valence-corrected chi connectivity index (χ1v) is 45.8. The Morgan fingerprint density at radius 3 is 1.60 bits per heavy atom. The van der Waals surface area contributed by atoms with Gasteiger partial charge in [-0.3, -0.25) is 52.8 Å². The minimum Gasteiger partial charge on any atom is -0.511 e. The van der Waals surface area contributed by atoms with Crippen LogP contribution in [0.25, 0.3) is 21.8 Å². The van der Waals surface area contributed by atoms with Crippen LogP contribution in [0.5, 0.6) is 0 Å². The Hall–Kier alpha value is -10.3. The highest BCUT2D eigenvalue weighted by Gasteiger charge is 2.40. The van der Waals surface area contributed by atoms with Crippen LogP contribution in [-0.4, -0.2) is 198 Å². The molecule has 1 aliphatic carbocycles. The maximum atomic E-state index is 15.8. The van der Waals surface area contributed by atoms with E-state index in [1.165, 1.54) is 23.1 Å². The predicted octanol–water partition coefficient (Wildman–Crippen LogP) is 14.3. The molecule has 1 fully saturated rings. The summed E-state index contributed by atoms with van der Waals surface area (Å²) in [6, 6.07) is 13.3. The number of aliphatic imine (C=N–C) groups is 1. The molecule has 2 aromatic carbocycles. The maximum absolute atomic E-state index is 15.8. The number of allylic oxidation sites excluding steroid dienone is 2. The number of rotatable bonds is 47. The van der Waals surface area contributed by atoms with Crippen LogP contribution < -0.4 is 31.9 Å². The average Bonchev–Trinajstić information content (AvgIpc) is 1.64. The summed E-state index contributed by atoms with van der Waals surface area (Å²) < 4.78 is 21.7. The third-order valence-corrected chi connectivity index (χ3v) is 22.8. The zero-order valence-corrected chi connectivity index (χ0v) is 79.1. The molecule has 0 bridgehead atoms. The molecular weight excluding hydrogens is 1620 g/mol. The number of nitrogens with one attached hydrogen (secondary N) is 6. The van der Waals surface area contributed by atoms with E-state index in [1.807, 2.05) is 58.6 Å². The maximum Gasteiger partial charge on any atom is 0.419 e. The molecule has 7 N–H and O–H groups in total. The standard InChI is InChI=1S/C97H145N13O17/c1-60(2)46-73(80(113)54-69(86(117)99-20)51-71-49-64-34-22-24-39-77(64)109(71)92(123)126-95(11,12)13)102-88(119)68(38-28-33-45-108-59-70(105-106-108)55-76(98-19)90(121)107-43-31-21-32-44-107)53-81(114)85(62(5)6)104-89(120)67(37-27-30-42-101-91(122)125-94(8,9)10)52-79(112)74(56-72-50-65-35-23-25-40-78(65)110(72)93(124)127-96(14,15)16)103-87(118)66(48-63(7)111)36-26-29-41-100-75(47-61(3)4)84-82(115)57-97(17,18)58-83(84)116/h22-25,34-35,39-40,49-50,59-62,66-69,73-74,76,85,98,115H,21,26-33,36-38,41-48,51-58H2,1-20H3,(H,99,117)(H,101,122)(H,102,119)(H,103,118)(H,104,120). The van der Waals surface area contributed by atoms with E-state index in [9.17, 15) is 38.7 Å². The van der Waals surface area contributed by atoms with Crippen LogP contribution in [0.4, 0.5) is 14.4 Å². The first-order chi connectivity index (χ1) is 59.6. The number of para-hydroxylation sites is 2. The van der Waals surface area contributed by atoms with E-state index in [0.29, 0.717) is 110 Å². The molecule has 2 aliphatic rings. The monoisotopic (exact) mass is 1760 g/mol. The Morgan fingerprint density at radius 2 is 1.07 bits per heavy atom. The molecule has 700 valence electrons. The summed E-state index contributed by atoms with van der Waals surface area (Å²) >= 11 is 0. The second-order valence-electron chi connectivity index (χ2n) is 39.7. The number of piperidine rings is 1. The van der Waals surface area contributed by atoms with Crippen LogP contribution in [0.1, 0.15) is 270 Å². The number of aliphatic hydroxyl groups excluding tert-OH is 1. The molecule has 30 heteroatoms. The highest BCUT2D eigenvalue weighted by molar-refractivity contribution is 6.23. The van der Waals surface area contributed by atoms with Gasteiger partial charge in [0.2, 0.25) is 29.5 Å². The van der Waals surface area contributed by atoms with Crippen molar-refractivity contribution in [3.8, 4) is 0 Å². The minimum absolute atomic E-state index is 0.00542. The third-order valence-electron chi connectivity index (χ3n) is 22.8. The topological polar surface area (TPSA) is 398 Å². The van der Waals surface area contributed by atoms with Gasteiger partial charge in [0.25, 0.3) is 0 Å². The number of alkyl carbamates (subject to hydrolysis) is 1. The lowest BCUT2D eigenvalue weighted by molar-refractivity contribution is -0.136. The first kappa shape index (κ1) is 104. The lowest BCUT2D eigenvalue weighted by atomic mass is 9.75. The van der Waals surface area contributed by atoms with Crippen molar-refractivity contribution in [1.29, 1.82) is 0 Å². The van der Waals surface area contributed by atoms with Crippen LogP contribution in [0, 0.1) is 46.8 Å². The zero-order chi connectivity index (χ0) is 94.0. The lowest BCUT2D eigenvalue weighted by Gasteiger charge is -2.30. The quantitative estimate of drug-likeness (QED) is 0.0108. The number of carbonyl (C=O) groups excluding carboxylic acids is 13. The van der Waals surface area contributed by atoms with Crippen molar-refractivity contribution < 1.29 is 81.6 Å². The van der Waals surface area contributed by atoms with Crippen molar-refractivity contribution in [1.82, 2.24) is 60.9 Å². The number of Topliss-reactive ketones (excluding diaryl/α,β-unsaturated/α-hetero) is 5. The number of hydrogen-bond acceptors (Lipinski definition) is 21. The zero-order valence-electron chi connectivity index (χ0n) is 79.1. The van der Waals surface area contributed by atoms with Crippen LogP contribution in [0.15, 0.2) is 83.2 Å². The number of nitrogens with zero attached hydrogens (tertiary/aromatic N) is 7. The third kappa shape index (κ3) is 33.1. The molecule has 3 aromatic heterocycles. The summed E-state index contributed by atoms with van der Waals surface area (Å²) in [6.07, 6.45) is 4.61. The Morgan fingerprint density at radius 1 is 0.559 bits per heavy atom. The molecule has 127 heavy (non-hydrogen) atoms. The van der Waals surface area contributed by atoms with E-state index < -0.39 is 148 Å². The highest BCUT2D eigenvalue weighted by Crippen LogP contribution is 2.38. The van der Waals surface area contributed by atoms with Gasteiger partial charge in [-0.2, -0.15) is 0 Å². The summed E-state index contributed by atoms with van der Waals surface area (Å²) in [4.78, 5) is 195. The summed E-state index contributed by atoms with van der Waals surface area (Å²) in [5.74, 6) is -9.64. The van der Waals surface area contributed by atoms with Gasteiger partial charge in [0.15, 0.2) is 23.1 Å². The molecule has 6 amide bonds. The van der Waals surface area contributed by atoms with Gasteiger partial charge in [-0.1, -0.05) is 116 Å². The minimum atomic E-state index is -1.46. The van der Waals surface area contributed by atoms with Gasteiger partial charge in [0.1, 0.15) is 28.3 Å². The molecule has 5 aromatic rings. The fourth-order valence-corrected chi connectivity index (χ4v) is 16.7. The van der Waals surface area contributed by atoms with Crippen LogP contribution in [0.3, 0.4) is 0 Å². The number of ketones is 5. The molecule has 0 radical (unpaired) electrons. The molecule has 0 spiro atoms. The Labute approximate surface area is 750 Å². The Kier molecular flexibility index (Phi) is 39.0. The molecule has 1 saturated heterocycles. The van der Waals surface area contributed by atoms with Crippen molar-refractivity contribution in [2.45, 2.75) is 320 Å². The van der Waals surface area contributed by atoms with Crippen molar-refractivity contribution in [2.24, 2.45) is 51.8 Å². The number of likely N-dealkylation sites (N-methyl/N-ethyl adjacent to an activating group) is 1. The van der Waals surface area contributed by atoms with Crippen molar-refractivity contribution in [2.75, 3.05) is 40.3 Å². The van der Waals surface area contributed by atoms with E-state index in [0.717, 1.165) is 19.3 Å². The normalized spacial score (nSPS) is 16.0. The lowest BCUT2D eigenvalue weighted by Crippen LogP contribution is -2.50. The van der Waals surface area contributed by atoms with Crippen LogP contribution >= 0.6 is 0 Å². The SMILES string of the molecule is CNC(=O)C(CC(=O)C(CC(C)C)NC(=O)C(CCCCn1cc(CC(NC)C(=O)N2CCCCC2)nn1)CC(=O)C(NC(=O)C(CCCCNC(=O)OC(C)(C)C)CC(=O)C(Cc1cc2ccccc2n1C(=O)OC(C)(C)C)NC(=O)C(CCCCN=C(CC(C)C)C1=C(O)CC(C)(C)CC1=O)CC(C)=O)C(C)C)Cc1cc2ccccc2n1C(=O)OC(C)(C)C. The van der Waals surface area contributed by atoms with Gasteiger partial charge in [-0.15, -0.1) is 5.10 Å². The second kappa shape index (κ2) is 47.7. The van der Waals surface area contributed by atoms with E-state index in [4.69, 9.17) is 19.2 Å². The largest absolute Gasteiger partial charge is 0.511 e. The Balaban J connectivity index is 1.22. The molecule has 8 atom stereocenters. The van der Waals surface area contributed by atoms with E-state index in [2.05, 4.69) is 42.2 Å². The number of aryl methyl sites for hydroxylation is 1. The van der Waals surface area contributed by atoms with Gasteiger partial charge in [0.05, 0.1) is 52.4 Å². The van der Waals surface area contributed by atoms with Gasteiger partial charge in [0, 0.05) is 149 Å². The van der Waals surface area contributed by atoms with E-state index in [-0.39, 0.29) is 124 Å². The molecule has 8 unspecified atom stereocenters. The number of hydrogen-bond donors (Lipinski definition) is 7. The molecular formula is C97H145N13O17. The average molecular weight is 1770 g/mol. The van der Waals surface area contributed by atoms with Gasteiger partial charge < -0.3 is 60.9 Å². The number of likely N-dealkylation sites (tertiary alicyclic amines) is 1. The van der Waals surface area contributed by atoms with Crippen molar-refractivity contribution in [3.63, 3.8) is 0 Å². The summed E-state index contributed by atoms with van der Waals surface area (Å²) in [6.45, 7) is 34.1. The van der Waals surface area contributed by atoms with Crippen LogP contribution in [-0.2, 0) is 88.0 Å². The fraction of sp³-hybridized carbons (Fsp3) is 0.649. The Bertz CT molecular complexity index is 4710. The molecule has 0 saturated carbocycles. The summed E-state index contributed by atoms with van der Waals surface area (Å²) in [5.41, 5.74) is -0.0178. The van der Waals surface area contributed by atoms with E-state index in [1.54, 1.807) is 143 Å². The molecule has 30 nitrogen and oxygen atoms in total. The number of aliphatic hydroxyl groups is 1. The van der Waals surface area contributed by atoms with Crippen molar-refractivity contribution >= 4 is 104 Å².